The van der Waals surface area contributed by atoms with Crippen LogP contribution in [0.2, 0.25) is 0 Å². The lowest BCUT2D eigenvalue weighted by atomic mass is 9.89. The van der Waals surface area contributed by atoms with E-state index in [0.29, 0.717) is 19.4 Å². The standard InChI is InChI=1S/C25H32F5N5O3S/c1-4-18(25(28,29)30)34-19-10-16(22(26)27)17(11-31-19)21(39)20(24(38)35-7-5-6-12(35)2)32-13(3)23(37)33-14-8-15(36)9-14/h10-12,14-15,18,20,22,36H,4-9H2,1-3H3,(H,31,34)(H,33,37)/t12-,14?,15?,18+,20?/m0/s1. The second-order valence-electron chi connectivity index (χ2n) is 9.90. The SMILES string of the molecule is CC[C@@H](Nc1cc(C(F)F)c(C(=S)C(N=C(C)C(=O)NC2CC(O)C2)C(=O)N2CCC[C@@H]2C)cn1)C(F)(F)F. The van der Waals surface area contributed by atoms with E-state index in [0.717, 1.165) is 25.1 Å². The van der Waals surface area contributed by atoms with Gasteiger partial charge in [0.15, 0.2) is 6.04 Å². The van der Waals surface area contributed by atoms with E-state index < -0.39 is 54.0 Å². The number of carbonyl (C=O) groups is 2. The van der Waals surface area contributed by atoms with Crippen LogP contribution >= 0.6 is 12.2 Å². The molecule has 1 aromatic rings. The number of hydrogen-bond acceptors (Lipinski definition) is 7. The van der Waals surface area contributed by atoms with Crippen molar-refractivity contribution in [1.82, 2.24) is 15.2 Å². The summed E-state index contributed by atoms with van der Waals surface area (Å²) in [6.45, 7) is 4.88. The van der Waals surface area contributed by atoms with Crippen molar-refractivity contribution in [3.63, 3.8) is 0 Å². The van der Waals surface area contributed by atoms with Gasteiger partial charge in [0.2, 0.25) is 0 Å². The van der Waals surface area contributed by atoms with Crippen LogP contribution < -0.4 is 10.6 Å². The van der Waals surface area contributed by atoms with Crippen LogP contribution in [0.25, 0.3) is 0 Å². The molecule has 1 aliphatic heterocycles. The summed E-state index contributed by atoms with van der Waals surface area (Å²) in [5.41, 5.74) is -1.12. The molecule has 39 heavy (non-hydrogen) atoms. The van der Waals surface area contributed by atoms with Gasteiger partial charge in [0.05, 0.1) is 16.7 Å². The lowest BCUT2D eigenvalue weighted by molar-refractivity contribution is -0.143. The van der Waals surface area contributed by atoms with E-state index >= 15 is 0 Å². The number of aliphatic hydroxyl groups is 1. The predicted molar refractivity (Wildman–Crippen MR) is 139 cm³/mol. The van der Waals surface area contributed by atoms with Crippen molar-refractivity contribution < 1.29 is 36.6 Å². The Morgan fingerprint density at radius 1 is 1.31 bits per heavy atom. The number of aliphatic hydroxyl groups excluding tert-OH is 1. The molecule has 3 N–H and O–H groups in total. The number of nitrogens with one attached hydrogen (secondary N) is 2. The summed E-state index contributed by atoms with van der Waals surface area (Å²) in [5, 5.41) is 14.3. The highest BCUT2D eigenvalue weighted by molar-refractivity contribution is 7.81. The molecule has 0 aromatic carbocycles. The number of aliphatic imine (C=N–C) groups is 1. The number of likely N-dealkylation sites (tertiary alicyclic amines) is 1. The minimum Gasteiger partial charge on any atom is -0.393 e. The third-order valence-electron chi connectivity index (χ3n) is 6.98. The van der Waals surface area contributed by atoms with Crippen molar-refractivity contribution in [2.24, 2.45) is 4.99 Å². The number of aromatic nitrogens is 1. The Kier molecular flexibility index (Phi) is 9.97. The monoisotopic (exact) mass is 577 g/mol. The van der Waals surface area contributed by atoms with E-state index in [4.69, 9.17) is 12.2 Å². The van der Waals surface area contributed by atoms with E-state index in [9.17, 15) is 36.6 Å². The molecule has 0 radical (unpaired) electrons. The van der Waals surface area contributed by atoms with Crippen molar-refractivity contribution >= 4 is 40.4 Å². The number of carbonyl (C=O) groups excluding carboxylic acids is 2. The summed E-state index contributed by atoms with van der Waals surface area (Å²) >= 11 is 5.46. The van der Waals surface area contributed by atoms with Crippen molar-refractivity contribution in [2.45, 2.75) is 95.7 Å². The number of halogens is 5. The third kappa shape index (κ3) is 7.47. The number of thiocarbonyl (C=S) groups is 1. The first-order valence-electron chi connectivity index (χ1n) is 12.7. The van der Waals surface area contributed by atoms with Crippen molar-refractivity contribution in [1.29, 1.82) is 0 Å². The van der Waals surface area contributed by atoms with Crippen molar-refractivity contribution in [3.05, 3.63) is 23.4 Å². The van der Waals surface area contributed by atoms with Gasteiger partial charge in [-0.25, -0.2) is 13.8 Å². The van der Waals surface area contributed by atoms with E-state index in [1.807, 2.05) is 6.92 Å². The second kappa shape index (κ2) is 12.6. The summed E-state index contributed by atoms with van der Waals surface area (Å²) in [4.78, 5) is 35.5. The Bertz CT molecular complexity index is 1110. The average molecular weight is 578 g/mol. The quantitative estimate of drug-likeness (QED) is 0.168. The highest BCUT2D eigenvalue weighted by atomic mass is 32.1. The first-order chi connectivity index (χ1) is 18.2. The van der Waals surface area contributed by atoms with Gasteiger partial charge in [0, 0.05) is 36.0 Å². The molecular formula is C25H32F5N5O3S. The molecule has 1 saturated carbocycles. The molecule has 3 rings (SSSR count). The Morgan fingerprint density at radius 3 is 2.49 bits per heavy atom. The lowest BCUT2D eigenvalue weighted by Crippen LogP contribution is -2.49. The minimum atomic E-state index is -4.62. The van der Waals surface area contributed by atoms with Crippen molar-refractivity contribution in [3.8, 4) is 0 Å². The molecule has 8 nitrogen and oxygen atoms in total. The van der Waals surface area contributed by atoms with Gasteiger partial charge in [-0.15, -0.1) is 0 Å². The zero-order valence-corrected chi connectivity index (χ0v) is 22.6. The Labute approximate surface area is 228 Å². The van der Waals surface area contributed by atoms with Gasteiger partial charge < -0.3 is 20.6 Å². The molecule has 1 aliphatic carbocycles. The second-order valence-corrected chi connectivity index (χ2v) is 10.3. The predicted octanol–water partition coefficient (Wildman–Crippen LogP) is 3.97. The van der Waals surface area contributed by atoms with E-state index in [2.05, 4.69) is 20.6 Å². The normalized spacial score (nSPS) is 23.3. The maximum atomic E-state index is 14.1. The molecule has 2 aliphatic rings. The number of amides is 2. The summed E-state index contributed by atoms with van der Waals surface area (Å²) < 4.78 is 67.8. The van der Waals surface area contributed by atoms with E-state index in [1.54, 1.807) is 0 Å². The fourth-order valence-electron chi connectivity index (χ4n) is 4.57. The van der Waals surface area contributed by atoms with Crippen LogP contribution in [0.5, 0.6) is 0 Å². The Morgan fingerprint density at radius 2 is 1.97 bits per heavy atom. The van der Waals surface area contributed by atoms with E-state index in [-0.39, 0.29) is 34.6 Å². The summed E-state index contributed by atoms with van der Waals surface area (Å²) in [5.74, 6) is -1.58. The van der Waals surface area contributed by atoms with Crippen LogP contribution in [0.15, 0.2) is 17.3 Å². The van der Waals surface area contributed by atoms with Gasteiger partial charge >= 0.3 is 6.18 Å². The van der Waals surface area contributed by atoms with Crippen LogP contribution in [0.1, 0.15) is 70.4 Å². The minimum absolute atomic E-state index is 0.107. The largest absolute Gasteiger partial charge is 0.408 e. The van der Waals surface area contributed by atoms with Crippen LogP contribution in [0.4, 0.5) is 27.8 Å². The zero-order chi connectivity index (χ0) is 29.1. The third-order valence-corrected chi connectivity index (χ3v) is 7.42. The van der Waals surface area contributed by atoms with Gasteiger partial charge in [0.1, 0.15) is 11.9 Å². The maximum absolute atomic E-state index is 14.1. The molecular weight excluding hydrogens is 545 g/mol. The molecule has 2 amide bonds. The van der Waals surface area contributed by atoms with Crippen LogP contribution in [0, 0.1) is 0 Å². The van der Waals surface area contributed by atoms with Gasteiger partial charge in [-0.2, -0.15) is 13.2 Å². The van der Waals surface area contributed by atoms with E-state index in [1.165, 1.54) is 18.7 Å². The fraction of sp³-hybridized carbons (Fsp3) is 0.640. The number of pyridine rings is 1. The number of anilines is 1. The van der Waals surface area contributed by atoms with Crippen LogP contribution in [-0.2, 0) is 9.59 Å². The van der Waals surface area contributed by atoms with Crippen LogP contribution in [-0.4, -0.2) is 80.4 Å². The Hall–Kier alpha value is -2.74. The molecule has 14 heteroatoms. The highest BCUT2D eigenvalue weighted by Gasteiger charge is 2.39. The molecule has 1 saturated heterocycles. The van der Waals surface area contributed by atoms with Gasteiger partial charge in [-0.3, -0.25) is 14.6 Å². The van der Waals surface area contributed by atoms with Gasteiger partial charge in [-0.1, -0.05) is 19.1 Å². The van der Waals surface area contributed by atoms with Gasteiger partial charge in [0.25, 0.3) is 18.2 Å². The average Bonchev–Trinajstić information content (AvgIpc) is 3.28. The molecule has 3 atom stereocenters. The topological polar surface area (TPSA) is 107 Å². The number of rotatable bonds is 10. The first-order valence-corrected chi connectivity index (χ1v) is 13.1. The zero-order valence-electron chi connectivity index (χ0n) is 21.8. The molecule has 1 unspecified atom stereocenters. The Balaban J connectivity index is 1.95. The smallest absolute Gasteiger partial charge is 0.393 e. The first kappa shape index (κ1) is 30.8. The van der Waals surface area contributed by atoms with Crippen LogP contribution in [0.3, 0.4) is 0 Å². The molecule has 1 aromatic heterocycles. The molecule has 0 bridgehead atoms. The van der Waals surface area contributed by atoms with Gasteiger partial charge in [-0.05, 0) is 52.0 Å². The molecule has 2 fully saturated rings. The summed E-state index contributed by atoms with van der Waals surface area (Å²) in [7, 11) is 0. The maximum Gasteiger partial charge on any atom is 0.408 e. The molecule has 0 spiro atoms. The number of nitrogens with zero attached hydrogens (tertiary/aromatic N) is 3. The molecule has 2 heterocycles. The summed E-state index contributed by atoms with van der Waals surface area (Å²) in [6.07, 6.45) is -5.52. The summed E-state index contributed by atoms with van der Waals surface area (Å²) in [6, 6.07) is -3.13. The highest BCUT2D eigenvalue weighted by Crippen LogP contribution is 2.30. The molecule has 216 valence electrons. The fourth-order valence-corrected chi connectivity index (χ4v) is 4.89. The number of alkyl halides is 5. The van der Waals surface area contributed by atoms with Crippen molar-refractivity contribution in [2.75, 3.05) is 11.9 Å². The number of hydrogen-bond donors (Lipinski definition) is 3. The lowest BCUT2D eigenvalue weighted by Gasteiger charge is -2.32.